The summed E-state index contributed by atoms with van der Waals surface area (Å²) in [5.74, 6) is -2.13. The van der Waals surface area contributed by atoms with Crippen LogP contribution in [-0.2, 0) is 11.7 Å². The van der Waals surface area contributed by atoms with E-state index in [2.05, 4.69) is 27.3 Å². The van der Waals surface area contributed by atoms with E-state index in [4.69, 9.17) is 0 Å². The van der Waals surface area contributed by atoms with Crippen molar-refractivity contribution < 1.29 is 22.4 Å². The molecule has 2 fully saturated rings. The zero-order valence-corrected chi connectivity index (χ0v) is 17.3. The summed E-state index contributed by atoms with van der Waals surface area (Å²) in [6.07, 6.45) is -1.39. The number of anilines is 1. The molecule has 1 spiro atoms. The largest absolute Gasteiger partial charge is 0.422 e. The van der Waals surface area contributed by atoms with Gasteiger partial charge in [0.05, 0.1) is 12.1 Å². The first-order valence-corrected chi connectivity index (χ1v) is 10.1. The van der Waals surface area contributed by atoms with Crippen LogP contribution in [-0.4, -0.2) is 42.1 Å². The number of amides is 2. The van der Waals surface area contributed by atoms with Crippen molar-refractivity contribution in [2.75, 3.05) is 25.5 Å². The Morgan fingerprint density at radius 2 is 1.71 bits per heavy atom. The molecule has 4 rings (SSSR count). The minimum absolute atomic E-state index is 0.0175. The van der Waals surface area contributed by atoms with Crippen LogP contribution in [0.15, 0.2) is 42.6 Å². The number of pyridine rings is 1. The van der Waals surface area contributed by atoms with Crippen LogP contribution in [0.25, 0.3) is 0 Å². The molecule has 31 heavy (non-hydrogen) atoms. The molecule has 1 N–H and O–H groups in total. The monoisotopic (exact) mass is 436 g/mol. The summed E-state index contributed by atoms with van der Waals surface area (Å²) >= 11 is 0. The molecule has 5 nitrogen and oxygen atoms in total. The van der Waals surface area contributed by atoms with Gasteiger partial charge < -0.3 is 5.32 Å². The highest BCUT2D eigenvalue weighted by molar-refractivity contribution is 5.95. The Kier molecular flexibility index (Phi) is 5.20. The van der Waals surface area contributed by atoms with Gasteiger partial charge in [0, 0.05) is 11.7 Å². The number of halogens is 4. The molecule has 166 valence electrons. The van der Waals surface area contributed by atoms with Crippen molar-refractivity contribution in [1.82, 2.24) is 15.2 Å². The quantitative estimate of drug-likeness (QED) is 0.719. The van der Waals surface area contributed by atoms with Gasteiger partial charge >= 0.3 is 12.2 Å². The molecular weight excluding hydrogens is 412 g/mol. The van der Waals surface area contributed by atoms with Gasteiger partial charge in [0.15, 0.2) is 5.82 Å². The summed E-state index contributed by atoms with van der Waals surface area (Å²) in [7, 11) is 4.02. The van der Waals surface area contributed by atoms with Crippen LogP contribution in [0.2, 0.25) is 0 Å². The molecule has 2 aromatic rings. The maximum atomic E-state index is 14.0. The minimum Gasteiger partial charge on any atom is -0.330 e. The predicted molar refractivity (Wildman–Crippen MR) is 108 cm³/mol. The highest BCUT2D eigenvalue weighted by Gasteiger charge is 2.52. The standard InChI is InChI=1S/C22H24F4N4O/c1-29(2)21(15-6-4-3-5-7-15)11-9-20(10-12-21)14-30(19(31)28-20)18-17(22(24,25)26)16(23)8-13-27-18/h3-8,13H,9-12,14H2,1-2H3,(H,28,31). The zero-order valence-electron chi connectivity index (χ0n) is 17.3. The van der Waals surface area contributed by atoms with Crippen molar-refractivity contribution >= 4 is 11.8 Å². The molecular formula is C22H24F4N4O. The summed E-state index contributed by atoms with van der Waals surface area (Å²) in [5.41, 5.74) is -1.24. The van der Waals surface area contributed by atoms with E-state index in [1.54, 1.807) is 0 Å². The lowest BCUT2D eigenvalue weighted by Gasteiger charge is -2.48. The smallest absolute Gasteiger partial charge is 0.330 e. The van der Waals surface area contributed by atoms with Gasteiger partial charge in [-0.05, 0) is 51.4 Å². The second-order valence-electron chi connectivity index (χ2n) is 8.58. The van der Waals surface area contributed by atoms with Gasteiger partial charge in [-0.3, -0.25) is 9.80 Å². The fourth-order valence-electron chi connectivity index (χ4n) is 4.94. The average molecular weight is 436 g/mol. The Balaban J connectivity index is 1.61. The number of rotatable bonds is 3. The predicted octanol–water partition coefficient (Wildman–Crippen LogP) is 4.54. The molecule has 0 atom stereocenters. The molecule has 1 aromatic carbocycles. The first-order chi connectivity index (χ1) is 14.6. The van der Waals surface area contributed by atoms with Crippen LogP contribution in [0.5, 0.6) is 0 Å². The van der Waals surface area contributed by atoms with Gasteiger partial charge in [-0.25, -0.2) is 14.2 Å². The molecule has 9 heteroatoms. The number of hydrogen-bond donors (Lipinski definition) is 1. The van der Waals surface area contributed by atoms with Crippen molar-refractivity contribution in [3.63, 3.8) is 0 Å². The lowest BCUT2D eigenvalue weighted by molar-refractivity contribution is -0.139. The van der Waals surface area contributed by atoms with Gasteiger partial charge in [0.2, 0.25) is 0 Å². The van der Waals surface area contributed by atoms with Crippen molar-refractivity contribution in [3.8, 4) is 0 Å². The second-order valence-corrected chi connectivity index (χ2v) is 8.58. The fraction of sp³-hybridized carbons (Fsp3) is 0.455. The molecule has 0 unspecified atom stereocenters. The van der Waals surface area contributed by atoms with E-state index in [0.29, 0.717) is 18.9 Å². The lowest BCUT2D eigenvalue weighted by Crippen LogP contribution is -2.54. The van der Waals surface area contributed by atoms with E-state index in [1.807, 2.05) is 32.3 Å². The number of carbonyl (C=O) groups excluding carboxylic acids is 1. The third-order valence-electron chi connectivity index (χ3n) is 6.70. The summed E-state index contributed by atoms with van der Waals surface area (Å²) in [4.78, 5) is 19.5. The third kappa shape index (κ3) is 3.64. The Morgan fingerprint density at radius 3 is 2.29 bits per heavy atom. The number of urea groups is 1. The second kappa shape index (κ2) is 7.47. The number of nitrogens with zero attached hydrogens (tertiary/aromatic N) is 3. The maximum Gasteiger partial charge on any atom is 0.422 e. The molecule has 2 aliphatic rings. The Bertz CT molecular complexity index is 969. The van der Waals surface area contributed by atoms with Crippen LogP contribution in [0.1, 0.15) is 36.8 Å². The topological polar surface area (TPSA) is 48.5 Å². The first-order valence-electron chi connectivity index (χ1n) is 10.1. The number of hydrogen-bond acceptors (Lipinski definition) is 3. The van der Waals surface area contributed by atoms with Crippen molar-refractivity contribution in [2.24, 2.45) is 0 Å². The van der Waals surface area contributed by atoms with Gasteiger partial charge in [0.25, 0.3) is 0 Å². The molecule has 0 radical (unpaired) electrons. The van der Waals surface area contributed by atoms with Crippen LogP contribution in [0.3, 0.4) is 0 Å². The maximum absolute atomic E-state index is 14.0. The molecule has 2 heterocycles. The van der Waals surface area contributed by atoms with Gasteiger partial charge in [-0.1, -0.05) is 30.3 Å². The molecule has 1 aliphatic carbocycles. The van der Waals surface area contributed by atoms with E-state index in [-0.39, 0.29) is 12.1 Å². The van der Waals surface area contributed by atoms with Crippen molar-refractivity contribution in [2.45, 2.75) is 42.9 Å². The van der Waals surface area contributed by atoms with Gasteiger partial charge in [0.1, 0.15) is 11.4 Å². The van der Waals surface area contributed by atoms with Crippen LogP contribution in [0, 0.1) is 5.82 Å². The summed E-state index contributed by atoms with van der Waals surface area (Å²) in [6.45, 7) is 0.0175. The average Bonchev–Trinajstić information content (AvgIpc) is 3.04. The molecule has 2 amide bonds. The Labute approximate surface area is 178 Å². The summed E-state index contributed by atoms with van der Waals surface area (Å²) in [6, 6.07) is 10.0. The van der Waals surface area contributed by atoms with E-state index in [9.17, 15) is 22.4 Å². The Morgan fingerprint density at radius 1 is 1.06 bits per heavy atom. The van der Waals surface area contributed by atoms with Crippen molar-refractivity contribution in [3.05, 3.63) is 59.5 Å². The number of carbonyl (C=O) groups is 1. The highest BCUT2D eigenvalue weighted by Crippen LogP contribution is 2.47. The van der Waals surface area contributed by atoms with Crippen LogP contribution >= 0.6 is 0 Å². The van der Waals surface area contributed by atoms with Crippen LogP contribution in [0.4, 0.5) is 28.2 Å². The first kappa shape index (κ1) is 21.5. The molecule has 1 saturated heterocycles. The summed E-state index contributed by atoms with van der Waals surface area (Å²) < 4.78 is 54.4. The lowest BCUT2D eigenvalue weighted by atomic mass is 9.69. The van der Waals surface area contributed by atoms with Gasteiger partial charge in [-0.15, -0.1) is 0 Å². The van der Waals surface area contributed by atoms with E-state index >= 15 is 0 Å². The highest BCUT2D eigenvalue weighted by atomic mass is 19.4. The normalized spacial score (nSPS) is 26.5. The van der Waals surface area contributed by atoms with E-state index < -0.39 is 34.9 Å². The molecule has 0 bridgehead atoms. The molecule has 1 saturated carbocycles. The number of aromatic nitrogens is 1. The van der Waals surface area contributed by atoms with E-state index in [1.165, 1.54) is 5.56 Å². The number of nitrogens with one attached hydrogen (secondary N) is 1. The van der Waals surface area contributed by atoms with Crippen molar-refractivity contribution in [1.29, 1.82) is 0 Å². The Hall–Kier alpha value is -2.68. The minimum atomic E-state index is -4.95. The number of benzene rings is 1. The van der Waals surface area contributed by atoms with Crippen LogP contribution < -0.4 is 10.2 Å². The van der Waals surface area contributed by atoms with Gasteiger partial charge in [-0.2, -0.15) is 13.2 Å². The fourth-order valence-corrected chi connectivity index (χ4v) is 4.94. The van der Waals surface area contributed by atoms with E-state index in [0.717, 1.165) is 23.9 Å². The third-order valence-corrected chi connectivity index (χ3v) is 6.70. The SMILES string of the molecule is CN(C)C1(c2ccccc2)CCC2(CC1)CN(c1nccc(F)c1C(F)(F)F)C(=O)N2. The number of alkyl halides is 3. The molecule has 1 aromatic heterocycles. The zero-order chi connectivity index (χ0) is 22.4. The molecule has 1 aliphatic heterocycles. The summed E-state index contributed by atoms with van der Waals surface area (Å²) in [5, 5.41) is 2.88.